The average molecular weight is 249 g/mol. The van der Waals surface area contributed by atoms with Gasteiger partial charge < -0.3 is 10.2 Å². The molecule has 0 saturated carbocycles. The zero-order valence-electron chi connectivity index (χ0n) is 12.3. The lowest BCUT2D eigenvalue weighted by molar-refractivity contribution is 0.760. The molecule has 102 valence electrons. The van der Waals surface area contributed by atoms with Crippen molar-refractivity contribution in [2.45, 2.75) is 46.6 Å². The van der Waals surface area contributed by atoms with Gasteiger partial charge >= 0.3 is 0 Å². The molecule has 0 radical (unpaired) electrons. The molecule has 0 aliphatic heterocycles. The van der Waals surface area contributed by atoms with Crippen LogP contribution >= 0.6 is 0 Å². The molecule has 1 aromatic heterocycles. The molecule has 0 saturated heterocycles. The Kier molecular flexibility index (Phi) is 6.73. The highest BCUT2D eigenvalue weighted by atomic mass is 15.2. The van der Waals surface area contributed by atoms with E-state index in [4.69, 9.17) is 4.98 Å². The number of nitrogens with one attached hydrogen (secondary N) is 1. The van der Waals surface area contributed by atoms with Crippen molar-refractivity contribution in [1.29, 1.82) is 0 Å². The minimum absolute atomic E-state index is 0.913. The van der Waals surface area contributed by atoms with Crippen LogP contribution in [0.4, 0.5) is 5.82 Å². The predicted octanol–water partition coefficient (Wildman–Crippen LogP) is 2.99. The molecule has 1 aromatic rings. The maximum atomic E-state index is 4.79. The first-order valence-electron chi connectivity index (χ1n) is 7.14. The van der Waals surface area contributed by atoms with E-state index in [1.807, 2.05) is 7.05 Å². The maximum absolute atomic E-state index is 4.79. The highest BCUT2D eigenvalue weighted by Gasteiger charge is 2.08. The van der Waals surface area contributed by atoms with Crippen molar-refractivity contribution in [3.63, 3.8) is 0 Å². The number of aryl methyl sites for hydroxylation is 1. The van der Waals surface area contributed by atoms with E-state index < -0.39 is 0 Å². The summed E-state index contributed by atoms with van der Waals surface area (Å²) < 4.78 is 0. The minimum Gasteiger partial charge on any atom is -0.357 e. The fourth-order valence-corrected chi connectivity index (χ4v) is 2.19. The zero-order chi connectivity index (χ0) is 13.4. The van der Waals surface area contributed by atoms with E-state index >= 15 is 0 Å². The lowest BCUT2D eigenvalue weighted by Crippen LogP contribution is -2.25. The van der Waals surface area contributed by atoms with E-state index in [-0.39, 0.29) is 0 Å². The van der Waals surface area contributed by atoms with Crippen LogP contribution in [-0.4, -0.2) is 25.1 Å². The van der Waals surface area contributed by atoms with E-state index in [0.29, 0.717) is 0 Å². The molecular formula is C15H27N3. The van der Waals surface area contributed by atoms with Crippen LogP contribution in [0, 0.1) is 0 Å². The predicted molar refractivity (Wildman–Crippen MR) is 79.2 cm³/mol. The Bertz CT molecular complexity index is 325. The first-order valence-corrected chi connectivity index (χ1v) is 7.14. The number of nitrogens with zero attached hydrogens (tertiary/aromatic N) is 2. The second-order valence-corrected chi connectivity index (χ2v) is 4.68. The summed E-state index contributed by atoms with van der Waals surface area (Å²) in [5.41, 5.74) is 2.55. The highest BCUT2D eigenvalue weighted by Crippen LogP contribution is 2.16. The van der Waals surface area contributed by atoms with Gasteiger partial charge in [0.25, 0.3) is 0 Å². The zero-order valence-corrected chi connectivity index (χ0v) is 12.3. The van der Waals surface area contributed by atoms with Gasteiger partial charge in [0, 0.05) is 25.3 Å². The van der Waals surface area contributed by atoms with Gasteiger partial charge in [-0.2, -0.15) is 0 Å². The Labute approximate surface area is 112 Å². The molecule has 1 N–H and O–H groups in total. The van der Waals surface area contributed by atoms with Gasteiger partial charge in [-0.3, -0.25) is 0 Å². The van der Waals surface area contributed by atoms with Crippen molar-refractivity contribution in [2.75, 3.05) is 25.0 Å². The third-order valence-corrected chi connectivity index (χ3v) is 3.01. The van der Waals surface area contributed by atoms with Gasteiger partial charge in [0.1, 0.15) is 5.82 Å². The average Bonchev–Trinajstić information content (AvgIpc) is 2.36. The molecule has 0 bridgehead atoms. The lowest BCUT2D eigenvalue weighted by Gasteiger charge is -2.22. The normalized spacial score (nSPS) is 10.7. The molecule has 0 aliphatic rings. The Morgan fingerprint density at radius 2 is 1.94 bits per heavy atom. The van der Waals surface area contributed by atoms with Crippen molar-refractivity contribution in [1.82, 2.24) is 10.3 Å². The SMILES string of the molecule is CCCc1cc(CNC)cc(N(CC)CCC)n1. The first kappa shape index (κ1) is 15.0. The van der Waals surface area contributed by atoms with Crippen molar-refractivity contribution in [2.24, 2.45) is 0 Å². The van der Waals surface area contributed by atoms with E-state index in [2.05, 4.69) is 43.1 Å². The van der Waals surface area contributed by atoms with Crippen LogP contribution < -0.4 is 10.2 Å². The third-order valence-electron chi connectivity index (χ3n) is 3.01. The highest BCUT2D eigenvalue weighted by molar-refractivity contribution is 5.42. The molecule has 0 atom stereocenters. The summed E-state index contributed by atoms with van der Waals surface area (Å²) in [6, 6.07) is 4.44. The van der Waals surface area contributed by atoms with Crippen molar-refractivity contribution in [3.05, 3.63) is 23.4 Å². The topological polar surface area (TPSA) is 28.2 Å². The summed E-state index contributed by atoms with van der Waals surface area (Å²) >= 11 is 0. The number of anilines is 1. The van der Waals surface area contributed by atoms with Crippen LogP contribution in [-0.2, 0) is 13.0 Å². The summed E-state index contributed by atoms with van der Waals surface area (Å²) in [5, 5.41) is 3.22. The Morgan fingerprint density at radius 1 is 1.17 bits per heavy atom. The second kappa shape index (κ2) is 8.09. The molecule has 0 unspecified atom stereocenters. The van der Waals surface area contributed by atoms with Crippen LogP contribution in [0.2, 0.25) is 0 Å². The van der Waals surface area contributed by atoms with Crippen LogP contribution in [0.1, 0.15) is 44.9 Å². The van der Waals surface area contributed by atoms with Gasteiger partial charge in [-0.25, -0.2) is 4.98 Å². The summed E-state index contributed by atoms with van der Waals surface area (Å²) in [6.45, 7) is 9.63. The van der Waals surface area contributed by atoms with Crippen molar-refractivity contribution < 1.29 is 0 Å². The number of pyridine rings is 1. The quantitative estimate of drug-likeness (QED) is 0.767. The molecule has 18 heavy (non-hydrogen) atoms. The summed E-state index contributed by atoms with van der Waals surface area (Å²) in [5.74, 6) is 1.13. The number of hydrogen-bond acceptors (Lipinski definition) is 3. The molecule has 0 aliphatic carbocycles. The largest absolute Gasteiger partial charge is 0.357 e. The summed E-state index contributed by atoms with van der Waals surface area (Å²) in [7, 11) is 1.99. The molecule has 1 heterocycles. The number of rotatable bonds is 8. The van der Waals surface area contributed by atoms with Gasteiger partial charge in [0.2, 0.25) is 0 Å². The molecular weight excluding hydrogens is 222 g/mol. The van der Waals surface area contributed by atoms with E-state index in [0.717, 1.165) is 44.7 Å². The van der Waals surface area contributed by atoms with E-state index in [9.17, 15) is 0 Å². The van der Waals surface area contributed by atoms with E-state index in [1.54, 1.807) is 0 Å². The van der Waals surface area contributed by atoms with Crippen LogP contribution in [0.15, 0.2) is 12.1 Å². The summed E-state index contributed by atoms with van der Waals surface area (Å²) in [4.78, 5) is 7.15. The Balaban J connectivity index is 2.99. The first-order chi connectivity index (χ1) is 8.74. The monoisotopic (exact) mass is 249 g/mol. The second-order valence-electron chi connectivity index (χ2n) is 4.68. The van der Waals surface area contributed by atoms with E-state index in [1.165, 1.54) is 11.3 Å². The summed E-state index contributed by atoms with van der Waals surface area (Å²) in [6.07, 6.45) is 3.37. The molecule has 0 aromatic carbocycles. The Hall–Kier alpha value is -1.09. The van der Waals surface area contributed by atoms with Crippen LogP contribution in [0.25, 0.3) is 0 Å². The van der Waals surface area contributed by atoms with Gasteiger partial charge in [-0.1, -0.05) is 20.3 Å². The molecule has 3 nitrogen and oxygen atoms in total. The number of aromatic nitrogens is 1. The number of hydrogen-bond donors (Lipinski definition) is 1. The maximum Gasteiger partial charge on any atom is 0.129 e. The standard InChI is InChI=1S/C15H27N3/c1-5-8-14-10-13(12-16-4)11-15(17-14)18(7-3)9-6-2/h10-11,16H,5-9,12H2,1-4H3. The van der Waals surface area contributed by atoms with Crippen LogP contribution in [0.3, 0.4) is 0 Å². The molecule has 0 fully saturated rings. The van der Waals surface area contributed by atoms with Gasteiger partial charge in [-0.15, -0.1) is 0 Å². The fourth-order valence-electron chi connectivity index (χ4n) is 2.19. The smallest absolute Gasteiger partial charge is 0.129 e. The van der Waals surface area contributed by atoms with Crippen molar-refractivity contribution in [3.8, 4) is 0 Å². The third kappa shape index (κ3) is 4.30. The molecule has 1 rings (SSSR count). The fraction of sp³-hybridized carbons (Fsp3) is 0.667. The van der Waals surface area contributed by atoms with Gasteiger partial charge in [0.15, 0.2) is 0 Å². The Morgan fingerprint density at radius 3 is 2.50 bits per heavy atom. The van der Waals surface area contributed by atoms with Crippen molar-refractivity contribution >= 4 is 5.82 Å². The van der Waals surface area contributed by atoms with Crippen LogP contribution in [0.5, 0.6) is 0 Å². The molecule has 0 amide bonds. The van der Waals surface area contributed by atoms with Gasteiger partial charge in [0.05, 0.1) is 0 Å². The minimum atomic E-state index is 0.913. The lowest BCUT2D eigenvalue weighted by atomic mass is 10.1. The molecule has 0 spiro atoms. The van der Waals surface area contributed by atoms with Gasteiger partial charge in [-0.05, 0) is 44.5 Å². The molecule has 3 heteroatoms.